The van der Waals surface area contributed by atoms with E-state index in [9.17, 15) is 18.4 Å². The highest BCUT2D eigenvalue weighted by atomic mass is 19.2. The second-order valence-electron chi connectivity index (χ2n) is 5.36. The Kier molecular flexibility index (Phi) is 4.24. The third-order valence-corrected chi connectivity index (χ3v) is 2.31. The molecule has 0 heterocycles. The summed E-state index contributed by atoms with van der Waals surface area (Å²) in [7, 11) is 0. The molecule has 0 atom stereocenters. The fraction of sp³-hybridized carbons (Fsp3) is 0.385. The van der Waals surface area contributed by atoms with Gasteiger partial charge in [0.2, 0.25) is 0 Å². The van der Waals surface area contributed by atoms with E-state index in [0.29, 0.717) is 12.1 Å². The van der Waals surface area contributed by atoms with E-state index in [4.69, 9.17) is 5.11 Å². The number of carbonyl (C=O) groups is 2. The summed E-state index contributed by atoms with van der Waals surface area (Å²) in [6, 6.07) is 1.10. The number of hydrogen-bond acceptors (Lipinski definition) is 2. The minimum Gasteiger partial charge on any atom is -0.478 e. The maximum Gasteiger partial charge on any atom is 0.336 e. The van der Waals surface area contributed by atoms with Crippen LogP contribution in [0.15, 0.2) is 12.1 Å². The van der Waals surface area contributed by atoms with Gasteiger partial charge in [-0.15, -0.1) is 0 Å². The zero-order chi connectivity index (χ0) is 14.8. The molecule has 1 aromatic rings. The number of aromatic carboxylic acids is 1. The predicted molar refractivity (Wildman–Crippen MR) is 65.1 cm³/mol. The summed E-state index contributed by atoms with van der Waals surface area (Å²) < 4.78 is 26.1. The van der Waals surface area contributed by atoms with E-state index in [2.05, 4.69) is 5.32 Å². The molecule has 0 fully saturated rings. The van der Waals surface area contributed by atoms with E-state index in [1.807, 2.05) is 20.8 Å². The van der Waals surface area contributed by atoms with Crippen molar-refractivity contribution in [1.29, 1.82) is 0 Å². The summed E-state index contributed by atoms with van der Waals surface area (Å²) in [5, 5.41) is 11.4. The van der Waals surface area contributed by atoms with Crippen LogP contribution in [0.3, 0.4) is 0 Å². The SMILES string of the molecule is CC(C)(C)CNC(=O)c1cc(F)c(F)cc1C(=O)O. The maximum absolute atomic E-state index is 13.1. The molecular weight excluding hydrogens is 256 g/mol. The molecule has 6 heteroatoms. The van der Waals surface area contributed by atoms with Crippen LogP contribution in [-0.2, 0) is 0 Å². The lowest BCUT2D eigenvalue weighted by Crippen LogP contribution is -2.33. The van der Waals surface area contributed by atoms with Crippen molar-refractivity contribution in [3.05, 3.63) is 34.9 Å². The first kappa shape index (κ1) is 15.1. The van der Waals surface area contributed by atoms with E-state index in [0.717, 1.165) is 0 Å². The fourth-order valence-electron chi connectivity index (χ4n) is 1.35. The topological polar surface area (TPSA) is 66.4 Å². The molecule has 1 rings (SSSR count). The first-order chi connectivity index (χ1) is 8.61. The molecule has 2 N–H and O–H groups in total. The highest BCUT2D eigenvalue weighted by Crippen LogP contribution is 2.16. The molecule has 0 aromatic heterocycles. The van der Waals surface area contributed by atoms with Crippen molar-refractivity contribution in [2.45, 2.75) is 20.8 Å². The van der Waals surface area contributed by atoms with Gasteiger partial charge in [0.05, 0.1) is 11.1 Å². The van der Waals surface area contributed by atoms with Crippen LogP contribution in [0.25, 0.3) is 0 Å². The van der Waals surface area contributed by atoms with Crippen molar-refractivity contribution in [2.75, 3.05) is 6.54 Å². The molecular formula is C13H15F2NO3. The van der Waals surface area contributed by atoms with Crippen molar-refractivity contribution in [3.8, 4) is 0 Å². The Bertz CT molecular complexity index is 521. The quantitative estimate of drug-likeness (QED) is 0.887. The molecule has 0 saturated heterocycles. The van der Waals surface area contributed by atoms with Crippen LogP contribution < -0.4 is 5.32 Å². The van der Waals surface area contributed by atoms with E-state index in [1.165, 1.54) is 0 Å². The van der Waals surface area contributed by atoms with Crippen LogP contribution >= 0.6 is 0 Å². The standard InChI is InChI=1S/C13H15F2NO3/c1-13(2,3)6-16-11(17)7-4-9(14)10(15)5-8(7)12(18)19/h4-5H,6H2,1-3H3,(H,16,17)(H,18,19). The number of amides is 1. The fourth-order valence-corrected chi connectivity index (χ4v) is 1.35. The minimum atomic E-state index is -1.49. The molecule has 0 aliphatic carbocycles. The summed E-state index contributed by atoms with van der Waals surface area (Å²) in [6.07, 6.45) is 0. The zero-order valence-corrected chi connectivity index (χ0v) is 10.9. The molecule has 1 amide bonds. The number of halogens is 2. The smallest absolute Gasteiger partial charge is 0.336 e. The Morgan fingerprint density at radius 1 is 1.16 bits per heavy atom. The number of carbonyl (C=O) groups excluding carboxylic acids is 1. The second-order valence-corrected chi connectivity index (χ2v) is 5.36. The van der Waals surface area contributed by atoms with Gasteiger partial charge in [0.1, 0.15) is 0 Å². The van der Waals surface area contributed by atoms with Gasteiger partial charge in [0.25, 0.3) is 5.91 Å². The monoisotopic (exact) mass is 271 g/mol. The summed E-state index contributed by atoms with van der Waals surface area (Å²) in [6.45, 7) is 5.90. The van der Waals surface area contributed by atoms with Crippen molar-refractivity contribution >= 4 is 11.9 Å². The lowest BCUT2D eigenvalue weighted by molar-refractivity contribution is 0.0690. The van der Waals surface area contributed by atoms with Crippen molar-refractivity contribution in [1.82, 2.24) is 5.32 Å². The number of nitrogens with one attached hydrogen (secondary N) is 1. The first-order valence-corrected chi connectivity index (χ1v) is 5.62. The maximum atomic E-state index is 13.1. The van der Waals surface area contributed by atoms with Gasteiger partial charge < -0.3 is 10.4 Å². The largest absolute Gasteiger partial charge is 0.478 e. The van der Waals surface area contributed by atoms with Gasteiger partial charge in [-0.25, -0.2) is 13.6 Å². The predicted octanol–water partition coefficient (Wildman–Crippen LogP) is 2.44. The lowest BCUT2D eigenvalue weighted by Gasteiger charge is -2.19. The number of carboxylic acid groups (broad SMARTS) is 1. The van der Waals surface area contributed by atoms with Crippen molar-refractivity contribution in [2.24, 2.45) is 5.41 Å². The number of hydrogen-bond donors (Lipinski definition) is 2. The van der Waals surface area contributed by atoms with Gasteiger partial charge in [-0.2, -0.15) is 0 Å². The van der Waals surface area contributed by atoms with E-state index < -0.39 is 34.6 Å². The van der Waals surface area contributed by atoms with Gasteiger partial charge in [0, 0.05) is 6.54 Å². The second kappa shape index (κ2) is 5.34. The van der Waals surface area contributed by atoms with Crippen molar-refractivity contribution in [3.63, 3.8) is 0 Å². The molecule has 1 aromatic carbocycles. The summed E-state index contributed by atoms with van der Waals surface area (Å²) in [5.41, 5.74) is -1.17. The molecule has 0 bridgehead atoms. The average Bonchev–Trinajstić information content (AvgIpc) is 2.27. The van der Waals surface area contributed by atoms with Crippen LogP contribution in [-0.4, -0.2) is 23.5 Å². The lowest BCUT2D eigenvalue weighted by atomic mass is 9.96. The molecule has 0 aliphatic heterocycles. The molecule has 0 aliphatic rings. The summed E-state index contributed by atoms with van der Waals surface area (Å²) in [4.78, 5) is 22.7. The molecule has 0 unspecified atom stereocenters. The van der Waals surface area contributed by atoms with Crippen LogP contribution in [0.4, 0.5) is 8.78 Å². The average molecular weight is 271 g/mol. The normalized spacial score (nSPS) is 11.2. The molecule has 104 valence electrons. The van der Waals surface area contributed by atoms with E-state index in [-0.39, 0.29) is 12.0 Å². The third kappa shape index (κ3) is 4.01. The Morgan fingerprint density at radius 3 is 2.05 bits per heavy atom. The highest BCUT2D eigenvalue weighted by molar-refractivity contribution is 6.04. The van der Waals surface area contributed by atoms with Gasteiger partial charge in [-0.05, 0) is 17.5 Å². The van der Waals surface area contributed by atoms with Crippen LogP contribution in [0.1, 0.15) is 41.5 Å². The van der Waals surface area contributed by atoms with Gasteiger partial charge in [0.15, 0.2) is 11.6 Å². The number of carboxylic acids is 1. The van der Waals surface area contributed by atoms with E-state index >= 15 is 0 Å². The third-order valence-electron chi connectivity index (χ3n) is 2.31. The molecule has 0 spiro atoms. The summed E-state index contributed by atoms with van der Waals surface area (Å²) >= 11 is 0. The van der Waals surface area contributed by atoms with Gasteiger partial charge in [-0.3, -0.25) is 4.79 Å². The number of benzene rings is 1. The molecule has 19 heavy (non-hydrogen) atoms. The highest BCUT2D eigenvalue weighted by Gasteiger charge is 2.21. The van der Waals surface area contributed by atoms with Crippen molar-refractivity contribution < 1.29 is 23.5 Å². The summed E-state index contributed by atoms with van der Waals surface area (Å²) in [5.74, 6) is -4.79. The zero-order valence-electron chi connectivity index (χ0n) is 10.9. The van der Waals surface area contributed by atoms with Gasteiger partial charge in [-0.1, -0.05) is 20.8 Å². The van der Waals surface area contributed by atoms with Crippen LogP contribution in [0.5, 0.6) is 0 Å². The van der Waals surface area contributed by atoms with Crippen LogP contribution in [0.2, 0.25) is 0 Å². The van der Waals surface area contributed by atoms with Crippen LogP contribution in [0, 0.1) is 17.0 Å². The first-order valence-electron chi connectivity index (χ1n) is 5.62. The minimum absolute atomic E-state index is 0.211. The Morgan fingerprint density at radius 2 is 1.63 bits per heavy atom. The Hall–Kier alpha value is -1.98. The Balaban J connectivity index is 3.08. The van der Waals surface area contributed by atoms with Gasteiger partial charge >= 0.3 is 5.97 Å². The van der Waals surface area contributed by atoms with E-state index in [1.54, 1.807) is 0 Å². The molecule has 4 nitrogen and oxygen atoms in total. The Labute approximate surface area is 109 Å². The number of rotatable bonds is 3. The molecule has 0 radical (unpaired) electrons. The molecule has 0 saturated carbocycles.